The molecule has 5 rings (SSSR count). The lowest BCUT2D eigenvalue weighted by Gasteiger charge is -2.31. The minimum atomic E-state index is -0.0548. The highest BCUT2D eigenvalue weighted by Gasteiger charge is 2.32. The van der Waals surface area contributed by atoms with Crippen molar-refractivity contribution in [2.75, 3.05) is 13.1 Å². The maximum Gasteiger partial charge on any atom is 0.253 e. The summed E-state index contributed by atoms with van der Waals surface area (Å²) in [6.07, 6.45) is 10.3. The molecule has 34 heavy (non-hydrogen) atoms. The number of hydrogen-bond acceptors (Lipinski definition) is 3. The van der Waals surface area contributed by atoms with Crippen LogP contribution in [0, 0.1) is 11.8 Å². The van der Waals surface area contributed by atoms with E-state index in [2.05, 4.69) is 36.7 Å². The van der Waals surface area contributed by atoms with Crippen molar-refractivity contribution in [3.05, 3.63) is 29.6 Å². The molecule has 1 aromatic carbocycles. The lowest BCUT2D eigenvalue weighted by Crippen LogP contribution is -2.43. The molecule has 1 saturated heterocycles. The van der Waals surface area contributed by atoms with Gasteiger partial charge in [0.15, 0.2) is 0 Å². The van der Waals surface area contributed by atoms with Gasteiger partial charge in [-0.2, -0.15) is 0 Å². The normalized spacial score (nSPS) is 20.6. The summed E-state index contributed by atoms with van der Waals surface area (Å²) in [5.41, 5.74) is 2.71. The van der Waals surface area contributed by atoms with Crippen LogP contribution in [-0.4, -0.2) is 45.4 Å². The third-order valence-electron chi connectivity index (χ3n) is 7.91. The first-order chi connectivity index (χ1) is 16.3. The van der Waals surface area contributed by atoms with E-state index in [1.54, 1.807) is 0 Å². The van der Waals surface area contributed by atoms with Crippen LogP contribution in [0.15, 0.2) is 18.2 Å². The van der Waals surface area contributed by atoms with Crippen LogP contribution in [-0.2, 0) is 16.8 Å². The second-order valence-electron chi connectivity index (χ2n) is 11.9. The van der Waals surface area contributed by atoms with Crippen LogP contribution in [0.2, 0.25) is 0 Å². The minimum absolute atomic E-state index is 0.0389. The van der Waals surface area contributed by atoms with Gasteiger partial charge in [0.25, 0.3) is 5.91 Å². The number of nitrogens with one attached hydrogen (secondary N) is 1. The van der Waals surface area contributed by atoms with E-state index < -0.39 is 0 Å². The van der Waals surface area contributed by atoms with Gasteiger partial charge in [-0.25, -0.2) is 4.98 Å². The van der Waals surface area contributed by atoms with Gasteiger partial charge in [-0.3, -0.25) is 9.59 Å². The molecule has 0 bridgehead atoms. The molecule has 0 atom stereocenters. The van der Waals surface area contributed by atoms with Gasteiger partial charge in [0.1, 0.15) is 5.82 Å². The Bertz CT molecular complexity index is 1050. The Balaban J connectivity index is 1.32. The Morgan fingerprint density at radius 2 is 1.71 bits per heavy atom. The molecule has 0 spiro atoms. The Labute approximate surface area is 203 Å². The average molecular weight is 465 g/mol. The monoisotopic (exact) mass is 464 g/mol. The van der Waals surface area contributed by atoms with E-state index in [0.717, 1.165) is 49.1 Å². The van der Waals surface area contributed by atoms with Crippen molar-refractivity contribution in [3.8, 4) is 0 Å². The summed E-state index contributed by atoms with van der Waals surface area (Å²) >= 11 is 0. The maximum absolute atomic E-state index is 13.3. The lowest BCUT2D eigenvalue weighted by atomic mass is 9.88. The zero-order valence-electron chi connectivity index (χ0n) is 21.1. The summed E-state index contributed by atoms with van der Waals surface area (Å²) in [7, 11) is 0. The van der Waals surface area contributed by atoms with Crippen LogP contribution in [0.25, 0.3) is 11.0 Å². The largest absolute Gasteiger partial charge is 0.353 e. The molecule has 2 aromatic rings. The fourth-order valence-electron chi connectivity index (χ4n) is 5.72. The molecule has 184 valence electrons. The zero-order valence-corrected chi connectivity index (χ0v) is 21.1. The number of amides is 2. The summed E-state index contributed by atoms with van der Waals surface area (Å²) in [5, 5.41) is 3.12. The molecule has 1 N–H and O–H groups in total. The van der Waals surface area contributed by atoms with Crippen molar-refractivity contribution in [2.24, 2.45) is 11.8 Å². The van der Waals surface area contributed by atoms with E-state index in [4.69, 9.17) is 4.98 Å². The summed E-state index contributed by atoms with van der Waals surface area (Å²) in [6.45, 7) is 8.97. The Hall–Kier alpha value is -2.37. The van der Waals surface area contributed by atoms with Crippen molar-refractivity contribution in [2.45, 2.75) is 96.6 Å². The van der Waals surface area contributed by atoms with Crippen LogP contribution >= 0.6 is 0 Å². The smallest absolute Gasteiger partial charge is 0.253 e. The first kappa shape index (κ1) is 23.4. The second kappa shape index (κ2) is 9.35. The molecular weight excluding hydrogens is 424 g/mol. The van der Waals surface area contributed by atoms with Gasteiger partial charge in [-0.05, 0) is 62.6 Å². The van der Waals surface area contributed by atoms with Crippen LogP contribution < -0.4 is 5.32 Å². The lowest BCUT2D eigenvalue weighted by molar-refractivity contribution is -0.126. The highest BCUT2D eigenvalue weighted by atomic mass is 16.2. The fourth-order valence-corrected chi connectivity index (χ4v) is 5.72. The van der Waals surface area contributed by atoms with Gasteiger partial charge in [0.05, 0.1) is 11.0 Å². The average Bonchev–Trinajstić information content (AvgIpc) is 3.57. The summed E-state index contributed by atoms with van der Waals surface area (Å²) in [6, 6.07) is 6.46. The van der Waals surface area contributed by atoms with Crippen LogP contribution in [0.1, 0.15) is 94.7 Å². The number of nitrogens with zero attached hydrogens (tertiary/aromatic N) is 3. The van der Waals surface area contributed by atoms with E-state index in [-0.39, 0.29) is 23.1 Å². The highest BCUT2D eigenvalue weighted by molar-refractivity contribution is 5.97. The van der Waals surface area contributed by atoms with Gasteiger partial charge >= 0.3 is 0 Å². The molecule has 0 unspecified atom stereocenters. The van der Waals surface area contributed by atoms with Gasteiger partial charge in [0.2, 0.25) is 5.91 Å². The van der Waals surface area contributed by atoms with Gasteiger partial charge in [-0.1, -0.05) is 40.0 Å². The van der Waals surface area contributed by atoms with E-state index in [0.29, 0.717) is 30.6 Å². The Morgan fingerprint density at radius 3 is 2.35 bits per heavy atom. The molecular formula is C28H40N4O2. The molecule has 2 aliphatic carbocycles. The summed E-state index contributed by atoms with van der Waals surface area (Å²) < 4.78 is 2.42. The number of carbonyl (C=O) groups excluding carboxylic acids is 2. The zero-order chi connectivity index (χ0) is 23.9. The number of benzene rings is 1. The van der Waals surface area contributed by atoms with Gasteiger partial charge in [-0.15, -0.1) is 0 Å². The van der Waals surface area contributed by atoms with Crippen LogP contribution in [0.3, 0.4) is 0 Å². The minimum Gasteiger partial charge on any atom is -0.353 e. The maximum atomic E-state index is 13.3. The van der Waals surface area contributed by atoms with E-state index in [1.165, 1.54) is 32.1 Å². The summed E-state index contributed by atoms with van der Waals surface area (Å²) in [4.78, 5) is 32.6. The number of likely N-dealkylation sites (tertiary alicyclic amines) is 1. The molecule has 3 aliphatic rings. The van der Waals surface area contributed by atoms with Crippen molar-refractivity contribution in [1.82, 2.24) is 19.8 Å². The number of piperidine rings is 1. The number of rotatable bonds is 5. The Morgan fingerprint density at radius 1 is 1.00 bits per heavy atom. The Kier molecular flexibility index (Phi) is 6.43. The number of aromatic nitrogens is 2. The van der Waals surface area contributed by atoms with E-state index in [9.17, 15) is 9.59 Å². The van der Waals surface area contributed by atoms with E-state index >= 15 is 0 Å². The summed E-state index contributed by atoms with van der Waals surface area (Å²) in [5.74, 6) is 2.10. The first-order valence-electron chi connectivity index (χ1n) is 13.4. The molecule has 2 saturated carbocycles. The highest BCUT2D eigenvalue weighted by Crippen LogP contribution is 2.32. The van der Waals surface area contributed by atoms with Gasteiger partial charge in [0, 0.05) is 42.6 Å². The van der Waals surface area contributed by atoms with Gasteiger partial charge < -0.3 is 14.8 Å². The number of fused-ring (bicyclic) bond motifs is 1. The second-order valence-corrected chi connectivity index (χ2v) is 11.9. The predicted octanol–water partition coefficient (Wildman–Crippen LogP) is 5.04. The standard InChI is InChI=1S/C28H40N4O2/c1-28(2,3)27-30-23-17-21(9-12-24(23)32(27)18-19-7-5-4-6-8-19)26(34)31-15-13-20(14-16-31)25(33)29-22-10-11-22/h9,12,17,19-20,22H,4-8,10-11,13-16,18H2,1-3H3,(H,29,33). The quantitative estimate of drug-likeness (QED) is 0.674. The van der Waals surface area contributed by atoms with Crippen molar-refractivity contribution >= 4 is 22.8 Å². The molecule has 2 heterocycles. The van der Waals surface area contributed by atoms with Crippen molar-refractivity contribution < 1.29 is 9.59 Å². The SMILES string of the molecule is CC(C)(C)c1nc2cc(C(=O)N3CCC(C(=O)NC4CC4)CC3)ccc2n1CC1CCCCC1. The predicted molar refractivity (Wildman–Crippen MR) is 135 cm³/mol. The topological polar surface area (TPSA) is 67.2 Å². The van der Waals surface area contributed by atoms with Crippen LogP contribution in [0.4, 0.5) is 0 Å². The molecule has 6 heteroatoms. The molecule has 1 aromatic heterocycles. The number of hydrogen-bond donors (Lipinski definition) is 1. The molecule has 1 aliphatic heterocycles. The third-order valence-corrected chi connectivity index (χ3v) is 7.91. The van der Waals surface area contributed by atoms with Crippen molar-refractivity contribution in [1.29, 1.82) is 0 Å². The molecule has 0 radical (unpaired) electrons. The van der Waals surface area contributed by atoms with E-state index in [1.807, 2.05) is 17.0 Å². The van der Waals surface area contributed by atoms with Crippen molar-refractivity contribution in [3.63, 3.8) is 0 Å². The number of carbonyl (C=O) groups is 2. The molecule has 2 amide bonds. The first-order valence-corrected chi connectivity index (χ1v) is 13.4. The van der Waals surface area contributed by atoms with Crippen LogP contribution in [0.5, 0.6) is 0 Å². The fraction of sp³-hybridized carbons (Fsp3) is 0.679. The third kappa shape index (κ3) is 5.01. The number of imidazole rings is 1. The molecule has 3 fully saturated rings. The molecule has 6 nitrogen and oxygen atoms in total.